The maximum absolute atomic E-state index is 13.6. The van der Waals surface area contributed by atoms with Crippen molar-refractivity contribution in [1.29, 1.82) is 0 Å². The molecule has 0 saturated carbocycles. The summed E-state index contributed by atoms with van der Waals surface area (Å²) in [6.07, 6.45) is -0.189. The fourth-order valence-corrected chi connectivity index (χ4v) is 5.60. The van der Waals surface area contributed by atoms with Gasteiger partial charge in [-0.2, -0.15) is 0 Å². The van der Waals surface area contributed by atoms with E-state index in [-0.39, 0.29) is 52.1 Å². The molecule has 3 N–H and O–H groups in total. The van der Waals surface area contributed by atoms with E-state index in [1.165, 1.54) is 45.6 Å². The minimum atomic E-state index is -1.09. The van der Waals surface area contributed by atoms with Gasteiger partial charge in [0.1, 0.15) is 11.8 Å². The van der Waals surface area contributed by atoms with Gasteiger partial charge in [0, 0.05) is 31.7 Å². The molecule has 0 radical (unpaired) electrons. The Morgan fingerprint density at radius 2 is 1.49 bits per heavy atom. The third kappa shape index (κ3) is 7.41. The Morgan fingerprint density at radius 3 is 2.09 bits per heavy atom. The number of aryl methyl sites for hydroxylation is 2. The van der Waals surface area contributed by atoms with Crippen LogP contribution in [0.1, 0.15) is 38.3 Å². The predicted molar refractivity (Wildman–Crippen MR) is 175 cm³/mol. The summed E-state index contributed by atoms with van der Waals surface area (Å²) >= 11 is 0. The molecule has 2 heterocycles. The van der Waals surface area contributed by atoms with E-state index >= 15 is 0 Å². The molecule has 13 heteroatoms. The first-order valence-corrected chi connectivity index (χ1v) is 15.1. The smallest absolute Gasteiger partial charge is 0.256 e. The van der Waals surface area contributed by atoms with Crippen molar-refractivity contribution < 1.29 is 38.1 Å². The molecule has 1 fully saturated rings. The zero-order valence-electron chi connectivity index (χ0n) is 27.3. The van der Waals surface area contributed by atoms with Crippen molar-refractivity contribution in [2.75, 3.05) is 65.2 Å². The highest BCUT2D eigenvalue weighted by atomic mass is 16.5. The summed E-state index contributed by atoms with van der Waals surface area (Å²) < 4.78 is 22.4. The minimum Gasteiger partial charge on any atom is -0.493 e. The van der Waals surface area contributed by atoms with Crippen molar-refractivity contribution in [1.82, 2.24) is 15.1 Å². The number of likely N-dealkylation sites (N-methyl/N-ethyl adjacent to an activating group) is 1. The molecule has 3 aromatic carbocycles. The number of ether oxygens (including phenoxy) is 4. The van der Waals surface area contributed by atoms with E-state index in [9.17, 15) is 19.2 Å². The van der Waals surface area contributed by atoms with Crippen LogP contribution in [0, 0.1) is 13.8 Å². The van der Waals surface area contributed by atoms with Crippen LogP contribution in [0.4, 0.5) is 11.4 Å². The normalized spacial score (nSPS) is 16.3. The van der Waals surface area contributed by atoms with Crippen molar-refractivity contribution in [3.8, 4) is 28.7 Å². The van der Waals surface area contributed by atoms with Crippen LogP contribution in [-0.2, 0) is 9.59 Å². The van der Waals surface area contributed by atoms with Crippen LogP contribution in [0.2, 0.25) is 0 Å². The molecule has 0 unspecified atom stereocenters. The van der Waals surface area contributed by atoms with Crippen molar-refractivity contribution in [2.45, 2.75) is 26.3 Å². The molecule has 1 saturated heterocycles. The molecule has 4 amide bonds. The Kier molecular flexibility index (Phi) is 9.85. The molecule has 5 rings (SSSR count). The van der Waals surface area contributed by atoms with Gasteiger partial charge in [-0.15, -0.1) is 0 Å². The van der Waals surface area contributed by atoms with Gasteiger partial charge in [0.25, 0.3) is 11.8 Å². The second-order valence-electron chi connectivity index (χ2n) is 11.6. The molecule has 0 bridgehead atoms. The van der Waals surface area contributed by atoms with E-state index in [4.69, 9.17) is 18.9 Å². The molecule has 47 heavy (non-hydrogen) atoms. The maximum Gasteiger partial charge on any atom is 0.256 e. The molecule has 2 aliphatic heterocycles. The molecule has 3 aromatic rings. The van der Waals surface area contributed by atoms with Crippen molar-refractivity contribution >= 4 is 35.0 Å². The summed E-state index contributed by atoms with van der Waals surface area (Å²) in [7, 11) is 6.34. The van der Waals surface area contributed by atoms with E-state index in [0.29, 0.717) is 24.6 Å². The Labute approximate surface area is 273 Å². The van der Waals surface area contributed by atoms with E-state index in [1.54, 1.807) is 4.90 Å². The molecule has 13 nitrogen and oxygen atoms in total. The Balaban J connectivity index is 1.48. The summed E-state index contributed by atoms with van der Waals surface area (Å²) in [5.41, 5.74) is 2.54. The third-order valence-corrected chi connectivity index (χ3v) is 8.08. The molecular formula is C34H39N5O8. The zero-order valence-corrected chi connectivity index (χ0v) is 27.3. The zero-order chi connectivity index (χ0) is 33.8. The second-order valence-corrected chi connectivity index (χ2v) is 11.6. The number of carbonyl (C=O) groups excluding carboxylic acids is 4. The number of benzene rings is 3. The number of hydrogen-bond acceptors (Lipinski definition) is 9. The minimum absolute atomic E-state index is 0.109. The number of hydrogen-bond donors (Lipinski definition) is 3. The molecule has 0 aromatic heterocycles. The first kappa shape index (κ1) is 33.1. The van der Waals surface area contributed by atoms with Crippen molar-refractivity contribution in [3.63, 3.8) is 0 Å². The lowest BCUT2D eigenvalue weighted by atomic mass is 10.1. The number of fused-ring (bicyclic) bond motifs is 1. The van der Waals surface area contributed by atoms with Gasteiger partial charge >= 0.3 is 0 Å². The molecule has 0 spiro atoms. The van der Waals surface area contributed by atoms with E-state index in [0.717, 1.165) is 24.2 Å². The Hall–Kier alpha value is -5.30. The van der Waals surface area contributed by atoms with Crippen LogP contribution in [0.3, 0.4) is 0 Å². The number of amides is 4. The third-order valence-electron chi connectivity index (χ3n) is 8.08. The van der Waals surface area contributed by atoms with Crippen molar-refractivity contribution in [2.24, 2.45) is 0 Å². The molecular weight excluding hydrogens is 606 g/mol. The number of piperazine rings is 1. The molecule has 2 aliphatic rings. The van der Waals surface area contributed by atoms with Gasteiger partial charge in [0.2, 0.25) is 17.6 Å². The summed E-state index contributed by atoms with van der Waals surface area (Å²) in [6, 6.07) is 10.5. The fraction of sp³-hybridized carbons (Fsp3) is 0.353. The average Bonchev–Trinajstić information content (AvgIpc) is 3.14. The Bertz CT molecular complexity index is 1670. The van der Waals surface area contributed by atoms with Crippen LogP contribution in [-0.4, -0.2) is 94.0 Å². The highest BCUT2D eigenvalue weighted by Gasteiger charge is 2.33. The number of rotatable bonds is 9. The summed E-state index contributed by atoms with van der Waals surface area (Å²) in [5, 5.41) is 8.31. The number of nitrogens with zero attached hydrogens (tertiary/aromatic N) is 2. The quantitative estimate of drug-likeness (QED) is 0.318. The van der Waals surface area contributed by atoms with Gasteiger partial charge in [-0.3, -0.25) is 19.2 Å². The molecule has 248 valence electrons. The fourth-order valence-electron chi connectivity index (χ4n) is 5.60. The van der Waals surface area contributed by atoms with Crippen LogP contribution in [0.15, 0.2) is 42.5 Å². The predicted octanol–water partition coefficient (Wildman–Crippen LogP) is 3.59. The first-order chi connectivity index (χ1) is 22.5. The van der Waals surface area contributed by atoms with Crippen LogP contribution in [0.5, 0.6) is 28.7 Å². The Morgan fingerprint density at radius 1 is 0.851 bits per heavy atom. The number of anilines is 2. The van der Waals surface area contributed by atoms with Gasteiger partial charge in [-0.1, -0.05) is 6.07 Å². The van der Waals surface area contributed by atoms with E-state index in [1.807, 2.05) is 39.1 Å². The monoisotopic (exact) mass is 645 g/mol. The van der Waals surface area contributed by atoms with Crippen molar-refractivity contribution in [3.05, 3.63) is 64.7 Å². The maximum atomic E-state index is 13.6. The van der Waals surface area contributed by atoms with E-state index < -0.39 is 23.8 Å². The van der Waals surface area contributed by atoms with Gasteiger partial charge in [-0.05, 0) is 68.4 Å². The average molecular weight is 646 g/mol. The highest BCUT2D eigenvalue weighted by molar-refractivity contribution is 6.13. The SMILES string of the molecule is COc1cc(C(=O)Nc2cc3c(cc2Oc2cc(C)cc(C)c2)C(=O)N[C@@H](CC(=O)N2CCN(C)CC2)C(=O)N3)cc(OC)c1OC. The summed E-state index contributed by atoms with van der Waals surface area (Å²) in [6.45, 7) is 6.41. The van der Waals surface area contributed by atoms with Crippen LogP contribution < -0.4 is 34.9 Å². The van der Waals surface area contributed by atoms with E-state index in [2.05, 4.69) is 20.9 Å². The van der Waals surface area contributed by atoms with Crippen LogP contribution in [0.25, 0.3) is 0 Å². The summed E-state index contributed by atoms with van der Waals surface area (Å²) in [5.74, 6) is -0.350. The lowest BCUT2D eigenvalue weighted by Crippen LogP contribution is -2.50. The molecule has 0 aliphatic carbocycles. The van der Waals surface area contributed by atoms with Gasteiger partial charge in [0.05, 0.1) is 44.7 Å². The topological polar surface area (TPSA) is 148 Å². The summed E-state index contributed by atoms with van der Waals surface area (Å²) in [4.78, 5) is 57.4. The second kappa shape index (κ2) is 14.0. The number of nitrogens with one attached hydrogen (secondary N) is 3. The van der Waals surface area contributed by atoms with Crippen LogP contribution >= 0.6 is 0 Å². The number of methoxy groups -OCH3 is 3. The largest absolute Gasteiger partial charge is 0.493 e. The van der Waals surface area contributed by atoms with Gasteiger partial charge in [-0.25, -0.2) is 0 Å². The van der Waals surface area contributed by atoms with Gasteiger partial charge in [0.15, 0.2) is 17.2 Å². The number of carbonyl (C=O) groups is 4. The standard InChI is InChI=1S/C34H39N5O8/c1-19-11-20(2)13-22(12-19)47-27-16-23-24(17-25(27)36-32(41)21-14-28(44-4)31(46-6)29(15-21)45-5)35-34(43)26(37-33(23)42)18-30(40)39-9-7-38(3)8-10-39/h11-17,26H,7-10,18H2,1-6H3,(H,35,43)(H,36,41)(H,37,42)/t26-/m0/s1. The van der Waals surface area contributed by atoms with Gasteiger partial charge < -0.3 is 44.7 Å². The lowest BCUT2D eigenvalue weighted by molar-refractivity contribution is -0.135. The highest BCUT2D eigenvalue weighted by Crippen LogP contribution is 2.40. The lowest BCUT2D eigenvalue weighted by Gasteiger charge is -2.33. The molecule has 1 atom stereocenters. The first-order valence-electron chi connectivity index (χ1n) is 15.1.